The predicted octanol–water partition coefficient (Wildman–Crippen LogP) is 1.90. The average Bonchev–Trinajstić information content (AvgIpc) is 3.32. The summed E-state index contributed by atoms with van der Waals surface area (Å²) < 4.78 is 5.70. The molecule has 2 aliphatic rings. The zero-order chi connectivity index (χ0) is 18.4. The Morgan fingerprint density at radius 1 is 1.50 bits per heavy atom. The number of ether oxygens (including phenoxy) is 1. The molecule has 7 heteroatoms. The molecule has 2 aliphatic heterocycles. The minimum atomic E-state index is 0.271. The number of nitrogens with one attached hydrogen (secondary N) is 1. The number of guanidine groups is 1. The molecule has 2 saturated heterocycles. The maximum atomic E-state index is 6.18. The highest BCUT2D eigenvalue weighted by Crippen LogP contribution is 2.27. The number of rotatable bonds is 7. The van der Waals surface area contributed by atoms with Gasteiger partial charge < -0.3 is 15.8 Å². The van der Waals surface area contributed by atoms with Crippen LogP contribution in [0.5, 0.6) is 0 Å². The quantitative estimate of drug-likeness (QED) is 0.559. The topological polar surface area (TPSA) is 66.1 Å². The van der Waals surface area contributed by atoms with E-state index in [1.54, 1.807) is 11.3 Å². The monoisotopic (exact) mass is 379 g/mol. The van der Waals surface area contributed by atoms with Crippen molar-refractivity contribution in [3.05, 3.63) is 22.4 Å². The molecule has 3 heterocycles. The minimum Gasteiger partial charge on any atom is -0.376 e. The number of hydrogen-bond donors (Lipinski definition) is 2. The highest BCUT2D eigenvalue weighted by atomic mass is 32.1. The molecule has 0 saturated carbocycles. The molecular weight excluding hydrogens is 346 g/mol. The zero-order valence-corrected chi connectivity index (χ0v) is 16.9. The summed E-state index contributed by atoms with van der Waals surface area (Å²) in [5, 5.41) is 5.48. The van der Waals surface area contributed by atoms with E-state index >= 15 is 0 Å². The Balaban J connectivity index is 1.57. The number of nitrogens with zero attached hydrogens (tertiary/aromatic N) is 3. The third-order valence-electron chi connectivity index (χ3n) is 5.44. The Kier molecular flexibility index (Phi) is 7.31. The Hall–Kier alpha value is -1.15. The molecular formula is C19H33N5OS. The summed E-state index contributed by atoms with van der Waals surface area (Å²) >= 11 is 1.79. The van der Waals surface area contributed by atoms with Crippen molar-refractivity contribution in [3.63, 3.8) is 0 Å². The fourth-order valence-electron chi connectivity index (χ4n) is 4.00. The van der Waals surface area contributed by atoms with Gasteiger partial charge in [0.05, 0.1) is 25.3 Å². The molecule has 3 N–H and O–H groups in total. The van der Waals surface area contributed by atoms with Gasteiger partial charge in [0.15, 0.2) is 5.96 Å². The van der Waals surface area contributed by atoms with Crippen molar-refractivity contribution in [2.24, 2.45) is 10.7 Å². The van der Waals surface area contributed by atoms with E-state index < -0.39 is 0 Å². The van der Waals surface area contributed by atoms with Crippen LogP contribution in [-0.2, 0) is 4.74 Å². The van der Waals surface area contributed by atoms with Gasteiger partial charge in [-0.3, -0.25) is 14.8 Å². The molecule has 1 aromatic rings. The molecule has 2 fully saturated rings. The summed E-state index contributed by atoms with van der Waals surface area (Å²) in [6.45, 7) is 10.9. The third kappa shape index (κ3) is 5.19. The lowest BCUT2D eigenvalue weighted by Gasteiger charge is -2.36. The SMILES string of the molecule is CCN1CCCC1CNC(N)=NCC(c1cccs1)N1CCOC(C)C1. The lowest BCUT2D eigenvalue weighted by atomic mass is 10.1. The van der Waals surface area contributed by atoms with E-state index in [0.717, 1.165) is 32.8 Å². The van der Waals surface area contributed by atoms with Gasteiger partial charge in [0.2, 0.25) is 0 Å². The molecule has 0 bridgehead atoms. The molecule has 0 aromatic carbocycles. The van der Waals surface area contributed by atoms with Crippen LogP contribution in [0.2, 0.25) is 0 Å². The average molecular weight is 380 g/mol. The first-order valence-electron chi connectivity index (χ1n) is 9.84. The van der Waals surface area contributed by atoms with Gasteiger partial charge in [-0.2, -0.15) is 0 Å². The van der Waals surface area contributed by atoms with Crippen molar-refractivity contribution in [2.75, 3.05) is 45.9 Å². The van der Waals surface area contributed by atoms with E-state index in [0.29, 0.717) is 18.5 Å². The molecule has 3 rings (SSSR count). The molecule has 26 heavy (non-hydrogen) atoms. The predicted molar refractivity (Wildman–Crippen MR) is 109 cm³/mol. The van der Waals surface area contributed by atoms with E-state index in [9.17, 15) is 0 Å². The number of hydrogen-bond acceptors (Lipinski definition) is 5. The summed E-state index contributed by atoms with van der Waals surface area (Å²) in [4.78, 5) is 11.0. The van der Waals surface area contributed by atoms with Gasteiger partial charge in [0.1, 0.15) is 0 Å². The summed E-state index contributed by atoms with van der Waals surface area (Å²) in [5.41, 5.74) is 6.18. The zero-order valence-electron chi connectivity index (χ0n) is 16.1. The third-order valence-corrected chi connectivity index (χ3v) is 6.42. The second-order valence-electron chi connectivity index (χ2n) is 7.24. The van der Waals surface area contributed by atoms with Gasteiger partial charge in [-0.15, -0.1) is 11.3 Å². The fourth-order valence-corrected chi connectivity index (χ4v) is 4.85. The van der Waals surface area contributed by atoms with Crippen LogP contribution in [0.15, 0.2) is 22.5 Å². The molecule has 3 unspecified atom stereocenters. The van der Waals surface area contributed by atoms with Crippen LogP contribution in [0.3, 0.4) is 0 Å². The van der Waals surface area contributed by atoms with Crippen LogP contribution in [0.25, 0.3) is 0 Å². The van der Waals surface area contributed by atoms with Crippen LogP contribution in [0.1, 0.15) is 37.6 Å². The molecule has 0 amide bonds. The van der Waals surface area contributed by atoms with E-state index in [1.807, 2.05) is 0 Å². The Morgan fingerprint density at radius 2 is 2.38 bits per heavy atom. The molecule has 146 valence electrons. The van der Waals surface area contributed by atoms with Crippen molar-refractivity contribution < 1.29 is 4.74 Å². The lowest BCUT2D eigenvalue weighted by Crippen LogP contribution is -2.45. The van der Waals surface area contributed by atoms with Crippen LogP contribution in [0.4, 0.5) is 0 Å². The van der Waals surface area contributed by atoms with Gasteiger partial charge in [-0.25, -0.2) is 0 Å². The van der Waals surface area contributed by atoms with E-state index in [1.165, 1.54) is 24.3 Å². The standard InChI is InChI=1S/C19H33N5OS/c1-3-23-8-4-6-16(23)12-21-19(20)22-13-17(18-7-5-11-26-18)24-9-10-25-15(2)14-24/h5,7,11,15-17H,3-4,6,8-10,12-14H2,1-2H3,(H3,20,21,22). The Bertz CT molecular complexity index is 564. The first-order chi connectivity index (χ1) is 12.7. The van der Waals surface area contributed by atoms with Crippen molar-refractivity contribution in [1.82, 2.24) is 15.1 Å². The van der Waals surface area contributed by atoms with Gasteiger partial charge in [0.25, 0.3) is 0 Å². The largest absolute Gasteiger partial charge is 0.376 e. The van der Waals surface area contributed by atoms with E-state index in [4.69, 9.17) is 10.5 Å². The minimum absolute atomic E-state index is 0.271. The smallest absolute Gasteiger partial charge is 0.188 e. The summed E-state index contributed by atoms with van der Waals surface area (Å²) in [7, 11) is 0. The first kappa shape index (κ1) is 19.6. The maximum Gasteiger partial charge on any atom is 0.188 e. The highest BCUT2D eigenvalue weighted by molar-refractivity contribution is 7.10. The van der Waals surface area contributed by atoms with Crippen molar-refractivity contribution in [3.8, 4) is 0 Å². The first-order valence-corrected chi connectivity index (χ1v) is 10.7. The second-order valence-corrected chi connectivity index (χ2v) is 8.22. The number of thiophene rings is 1. The van der Waals surface area contributed by atoms with Gasteiger partial charge in [0, 0.05) is 30.6 Å². The van der Waals surface area contributed by atoms with Gasteiger partial charge >= 0.3 is 0 Å². The number of morpholine rings is 1. The second kappa shape index (κ2) is 9.69. The van der Waals surface area contributed by atoms with Crippen LogP contribution in [0, 0.1) is 0 Å². The summed E-state index contributed by atoms with van der Waals surface area (Å²) in [6.07, 6.45) is 2.80. The van der Waals surface area contributed by atoms with Gasteiger partial charge in [-0.1, -0.05) is 13.0 Å². The van der Waals surface area contributed by atoms with Crippen LogP contribution < -0.4 is 11.1 Å². The Morgan fingerprint density at radius 3 is 3.12 bits per heavy atom. The van der Waals surface area contributed by atoms with Crippen LogP contribution in [-0.4, -0.2) is 73.8 Å². The van der Waals surface area contributed by atoms with Crippen molar-refractivity contribution >= 4 is 17.3 Å². The molecule has 0 spiro atoms. The Labute approximate surface area is 161 Å². The van der Waals surface area contributed by atoms with Crippen molar-refractivity contribution in [1.29, 1.82) is 0 Å². The molecule has 0 aliphatic carbocycles. The molecule has 1 aromatic heterocycles. The number of likely N-dealkylation sites (N-methyl/N-ethyl adjacent to an activating group) is 1. The normalized spacial score (nSPS) is 26.9. The molecule has 3 atom stereocenters. The van der Waals surface area contributed by atoms with E-state index in [2.05, 4.69) is 51.5 Å². The van der Waals surface area contributed by atoms with Gasteiger partial charge in [-0.05, 0) is 44.3 Å². The van der Waals surface area contributed by atoms with Crippen molar-refractivity contribution in [2.45, 2.75) is 44.9 Å². The fraction of sp³-hybridized carbons (Fsp3) is 0.737. The lowest BCUT2D eigenvalue weighted by molar-refractivity contribution is -0.0327. The highest BCUT2D eigenvalue weighted by Gasteiger charge is 2.26. The number of nitrogens with two attached hydrogens (primary N) is 1. The maximum absolute atomic E-state index is 6.18. The summed E-state index contributed by atoms with van der Waals surface area (Å²) in [5.74, 6) is 0.566. The number of aliphatic imine (C=N–C) groups is 1. The van der Waals surface area contributed by atoms with Crippen LogP contribution >= 0.6 is 11.3 Å². The van der Waals surface area contributed by atoms with E-state index in [-0.39, 0.29) is 12.1 Å². The molecule has 6 nitrogen and oxygen atoms in total. The number of likely N-dealkylation sites (tertiary alicyclic amines) is 1. The summed E-state index contributed by atoms with van der Waals surface area (Å²) in [6, 6.07) is 5.18. The molecule has 0 radical (unpaired) electrons.